The van der Waals surface area contributed by atoms with E-state index in [2.05, 4.69) is 10.6 Å². The third-order valence-corrected chi connectivity index (χ3v) is 2.71. The van der Waals surface area contributed by atoms with E-state index in [0.29, 0.717) is 30.8 Å². The van der Waals surface area contributed by atoms with Gasteiger partial charge in [0.2, 0.25) is 0 Å². The summed E-state index contributed by atoms with van der Waals surface area (Å²) in [5.41, 5.74) is 6.30. The van der Waals surface area contributed by atoms with E-state index in [1.165, 1.54) is 18.2 Å². The molecule has 0 aliphatic carbocycles. The molecule has 1 unspecified atom stereocenters. The fourth-order valence-electron chi connectivity index (χ4n) is 1.68. The van der Waals surface area contributed by atoms with E-state index in [0.717, 1.165) is 0 Å². The molecule has 1 amide bonds. The number of nitrogens with zero attached hydrogens (tertiary/aromatic N) is 1. The third kappa shape index (κ3) is 4.51. The van der Waals surface area contributed by atoms with Crippen LogP contribution in [-0.2, 0) is 0 Å². The van der Waals surface area contributed by atoms with Gasteiger partial charge in [-0.2, -0.15) is 0 Å². The van der Waals surface area contributed by atoms with Crippen molar-refractivity contribution >= 4 is 17.3 Å². The molecular weight excluding hydrogens is 260 g/mol. The summed E-state index contributed by atoms with van der Waals surface area (Å²) in [4.78, 5) is 22.2. The molecule has 7 nitrogen and oxygen atoms in total. The number of hydrogen-bond donors (Lipinski definition) is 3. The smallest absolute Gasteiger partial charge is 0.292 e. The van der Waals surface area contributed by atoms with E-state index in [1.54, 1.807) is 0 Å². The molecule has 0 aromatic heterocycles. The minimum absolute atomic E-state index is 0.00753. The number of carbonyl (C=O) groups excluding carboxylic acids is 1. The Morgan fingerprint density at radius 2 is 2.20 bits per heavy atom. The van der Waals surface area contributed by atoms with Crippen LogP contribution in [0.25, 0.3) is 0 Å². The van der Waals surface area contributed by atoms with Gasteiger partial charge in [-0.15, -0.1) is 0 Å². The molecule has 0 bridgehead atoms. The summed E-state index contributed by atoms with van der Waals surface area (Å²) in [5, 5.41) is 16.6. The van der Waals surface area contributed by atoms with Crippen LogP contribution in [0.3, 0.4) is 0 Å². The highest BCUT2D eigenvalue weighted by Crippen LogP contribution is 2.25. The Morgan fingerprint density at radius 1 is 1.50 bits per heavy atom. The molecule has 0 saturated carbocycles. The minimum Gasteiger partial charge on any atom is -0.379 e. The number of benzene rings is 1. The monoisotopic (exact) mass is 280 g/mol. The van der Waals surface area contributed by atoms with Crippen LogP contribution in [0.15, 0.2) is 18.2 Å². The highest BCUT2D eigenvalue weighted by molar-refractivity contribution is 5.95. The van der Waals surface area contributed by atoms with E-state index in [1.807, 2.05) is 13.8 Å². The lowest BCUT2D eigenvalue weighted by Crippen LogP contribution is -2.23. The Hall–Kier alpha value is -2.15. The van der Waals surface area contributed by atoms with Crippen LogP contribution in [0.5, 0.6) is 0 Å². The summed E-state index contributed by atoms with van der Waals surface area (Å²) in [6, 6.07) is 4.27. The fourth-order valence-corrected chi connectivity index (χ4v) is 1.68. The van der Waals surface area contributed by atoms with Crippen LogP contribution in [-0.4, -0.2) is 30.0 Å². The number of anilines is 1. The van der Waals surface area contributed by atoms with Crippen LogP contribution < -0.4 is 16.4 Å². The van der Waals surface area contributed by atoms with E-state index in [4.69, 9.17) is 5.73 Å². The first-order valence-electron chi connectivity index (χ1n) is 6.51. The number of carbonyl (C=O) groups is 1. The van der Waals surface area contributed by atoms with Crippen molar-refractivity contribution in [3.8, 4) is 0 Å². The van der Waals surface area contributed by atoms with Crippen LogP contribution >= 0.6 is 0 Å². The van der Waals surface area contributed by atoms with Crippen molar-refractivity contribution in [2.75, 3.05) is 18.4 Å². The van der Waals surface area contributed by atoms with Gasteiger partial charge in [-0.05, 0) is 32.4 Å². The first-order chi connectivity index (χ1) is 9.45. The van der Waals surface area contributed by atoms with Crippen molar-refractivity contribution in [1.29, 1.82) is 0 Å². The summed E-state index contributed by atoms with van der Waals surface area (Å²) in [5.74, 6) is -0.252. The zero-order chi connectivity index (χ0) is 15.1. The first-order valence-corrected chi connectivity index (χ1v) is 6.51. The highest BCUT2D eigenvalue weighted by Gasteiger charge is 2.16. The standard InChI is InChI=1S/C13H20N4O3/c1-3-15-13(18)10-4-5-12(17(19)20)11(8-10)16-7-6-9(2)14/h4-5,8-9,16H,3,6-7,14H2,1-2H3,(H,15,18). The summed E-state index contributed by atoms with van der Waals surface area (Å²) in [7, 11) is 0. The predicted octanol–water partition coefficient (Wildman–Crippen LogP) is 1.49. The maximum absolute atomic E-state index is 11.7. The lowest BCUT2D eigenvalue weighted by molar-refractivity contribution is -0.384. The molecule has 1 rings (SSSR count). The topological polar surface area (TPSA) is 110 Å². The van der Waals surface area contributed by atoms with Gasteiger partial charge in [0.05, 0.1) is 4.92 Å². The second-order valence-electron chi connectivity index (χ2n) is 4.54. The molecular formula is C13H20N4O3. The van der Waals surface area contributed by atoms with Gasteiger partial charge in [0.15, 0.2) is 0 Å². The Bertz CT molecular complexity index is 489. The Balaban J connectivity index is 2.93. The van der Waals surface area contributed by atoms with Crippen molar-refractivity contribution in [3.63, 3.8) is 0 Å². The largest absolute Gasteiger partial charge is 0.379 e. The molecule has 0 radical (unpaired) electrons. The molecule has 0 aliphatic heterocycles. The molecule has 0 spiro atoms. The van der Waals surface area contributed by atoms with E-state index < -0.39 is 4.92 Å². The van der Waals surface area contributed by atoms with Crippen LogP contribution in [0.1, 0.15) is 30.6 Å². The summed E-state index contributed by atoms with van der Waals surface area (Å²) >= 11 is 0. The quantitative estimate of drug-likeness (QED) is 0.517. The molecule has 1 atom stereocenters. The van der Waals surface area contributed by atoms with E-state index in [-0.39, 0.29) is 17.6 Å². The van der Waals surface area contributed by atoms with Gasteiger partial charge in [-0.25, -0.2) is 0 Å². The summed E-state index contributed by atoms with van der Waals surface area (Å²) < 4.78 is 0. The molecule has 1 aromatic carbocycles. The van der Waals surface area contributed by atoms with E-state index in [9.17, 15) is 14.9 Å². The number of nitro groups is 1. The van der Waals surface area contributed by atoms with Gasteiger partial charge in [0.1, 0.15) is 5.69 Å². The summed E-state index contributed by atoms with van der Waals surface area (Å²) in [6.45, 7) is 4.69. The molecule has 20 heavy (non-hydrogen) atoms. The van der Waals surface area contributed by atoms with Crippen molar-refractivity contribution in [2.45, 2.75) is 26.3 Å². The Morgan fingerprint density at radius 3 is 2.75 bits per heavy atom. The maximum atomic E-state index is 11.7. The van der Waals surface area contributed by atoms with Crippen LogP contribution in [0, 0.1) is 10.1 Å². The maximum Gasteiger partial charge on any atom is 0.292 e. The number of hydrogen-bond acceptors (Lipinski definition) is 5. The molecule has 0 heterocycles. The van der Waals surface area contributed by atoms with Crippen molar-refractivity contribution < 1.29 is 9.72 Å². The lowest BCUT2D eigenvalue weighted by atomic mass is 10.1. The van der Waals surface area contributed by atoms with Crippen molar-refractivity contribution in [2.24, 2.45) is 5.73 Å². The average molecular weight is 280 g/mol. The average Bonchev–Trinajstić information content (AvgIpc) is 2.38. The van der Waals surface area contributed by atoms with Crippen molar-refractivity contribution in [3.05, 3.63) is 33.9 Å². The SMILES string of the molecule is CCNC(=O)c1ccc([N+](=O)[O-])c(NCCC(C)N)c1. The number of rotatable bonds is 7. The van der Waals surface area contributed by atoms with Gasteiger partial charge in [-0.3, -0.25) is 14.9 Å². The second kappa shape index (κ2) is 7.44. The molecule has 7 heteroatoms. The predicted molar refractivity (Wildman–Crippen MR) is 77.9 cm³/mol. The Kier molecular flexibility index (Phi) is 5.92. The number of nitro benzene ring substituents is 1. The molecule has 1 aromatic rings. The lowest BCUT2D eigenvalue weighted by Gasteiger charge is -2.10. The molecule has 0 aliphatic rings. The number of nitrogens with two attached hydrogens (primary N) is 1. The van der Waals surface area contributed by atoms with Crippen LogP contribution in [0.4, 0.5) is 11.4 Å². The highest BCUT2D eigenvalue weighted by atomic mass is 16.6. The molecule has 0 fully saturated rings. The normalized spacial score (nSPS) is 11.8. The van der Waals surface area contributed by atoms with Gasteiger partial charge in [0, 0.05) is 30.8 Å². The molecule has 4 N–H and O–H groups in total. The van der Waals surface area contributed by atoms with E-state index >= 15 is 0 Å². The molecule has 0 saturated heterocycles. The van der Waals surface area contributed by atoms with Crippen LogP contribution in [0.2, 0.25) is 0 Å². The first kappa shape index (κ1) is 15.9. The van der Waals surface area contributed by atoms with Gasteiger partial charge >= 0.3 is 0 Å². The van der Waals surface area contributed by atoms with Gasteiger partial charge in [-0.1, -0.05) is 0 Å². The van der Waals surface area contributed by atoms with Gasteiger partial charge in [0.25, 0.3) is 11.6 Å². The fraction of sp³-hybridized carbons (Fsp3) is 0.462. The van der Waals surface area contributed by atoms with Gasteiger partial charge < -0.3 is 16.4 Å². The number of amides is 1. The minimum atomic E-state index is -0.476. The zero-order valence-corrected chi connectivity index (χ0v) is 11.7. The Labute approximate surface area is 117 Å². The molecule has 110 valence electrons. The zero-order valence-electron chi connectivity index (χ0n) is 11.7. The van der Waals surface area contributed by atoms with Crippen molar-refractivity contribution in [1.82, 2.24) is 5.32 Å². The number of nitrogens with one attached hydrogen (secondary N) is 2. The summed E-state index contributed by atoms with van der Waals surface area (Å²) in [6.07, 6.45) is 0.683. The third-order valence-electron chi connectivity index (χ3n) is 2.71. The second-order valence-corrected chi connectivity index (χ2v) is 4.54.